The fourth-order valence-corrected chi connectivity index (χ4v) is 2.08. The third kappa shape index (κ3) is 2.88. The summed E-state index contributed by atoms with van der Waals surface area (Å²) in [6.07, 6.45) is -0.568. The molecule has 0 aliphatic rings. The number of hydrogen-bond donors (Lipinski definition) is 3. The summed E-state index contributed by atoms with van der Waals surface area (Å²) in [4.78, 5) is 0. The van der Waals surface area contributed by atoms with E-state index in [1.165, 1.54) is 5.39 Å². The Labute approximate surface area is 107 Å². The molecule has 0 bridgehead atoms. The van der Waals surface area contributed by atoms with E-state index in [0.29, 0.717) is 6.54 Å². The Hall–Kier alpha value is -1.42. The molecule has 0 fully saturated rings. The van der Waals surface area contributed by atoms with Crippen LogP contribution >= 0.6 is 0 Å². The molecule has 2 atom stereocenters. The van der Waals surface area contributed by atoms with Crippen molar-refractivity contribution < 1.29 is 10.2 Å². The Bertz CT molecular complexity index is 513. The summed E-state index contributed by atoms with van der Waals surface area (Å²) in [7, 11) is 0. The SMILES string of the molecule is CC(NCCO)C(O)c1ccc2ccccc2c1. The summed E-state index contributed by atoms with van der Waals surface area (Å²) >= 11 is 0. The molecule has 96 valence electrons. The lowest BCUT2D eigenvalue weighted by molar-refractivity contribution is 0.132. The van der Waals surface area contributed by atoms with Crippen molar-refractivity contribution in [2.45, 2.75) is 19.1 Å². The van der Waals surface area contributed by atoms with Gasteiger partial charge in [0.2, 0.25) is 0 Å². The van der Waals surface area contributed by atoms with E-state index in [-0.39, 0.29) is 12.6 Å². The van der Waals surface area contributed by atoms with Gasteiger partial charge in [-0.05, 0) is 29.3 Å². The van der Waals surface area contributed by atoms with Crippen LogP contribution in [0, 0.1) is 0 Å². The fraction of sp³-hybridized carbons (Fsp3) is 0.333. The van der Waals surface area contributed by atoms with Gasteiger partial charge in [0.05, 0.1) is 12.7 Å². The van der Waals surface area contributed by atoms with E-state index in [9.17, 15) is 5.11 Å². The summed E-state index contributed by atoms with van der Waals surface area (Å²) in [6.45, 7) is 2.48. The standard InChI is InChI=1S/C15H19NO2/c1-11(16-8-9-17)15(18)14-7-6-12-4-2-3-5-13(12)10-14/h2-7,10-11,15-18H,8-9H2,1H3. The molecule has 0 saturated heterocycles. The van der Waals surface area contributed by atoms with Gasteiger partial charge < -0.3 is 15.5 Å². The van der Waals surface area contributed by atoms with E-state index in [0.717, 1.165) is 10.9 Å². The van der Waals surface area contributed by atoms with Gasteiger partial charge in [-0.15, -0.1) is 0 Å². The van der Waals surface area contributed by atoms with E-state index in [4.69, 9.17) is 5.11 Å². The lowest BCUT2D eigenvalue weighted by atomic mass is 10.00. The number of aliphatic hydroxyl groups excluding tert-OH is 2. The second-order valence-corrected chi connectivity index (χ2v) is 4.52. The zero-order valence-electron chi connectivity index (χ0n) is 10.5. The van der Waals surface area contributed by atoms with Crippen molar-refractivity contribution in [1.29, 1.82) is 0 Å². The Morgan fingerprint density at radius 2 is 1.83 bits per heavy atom. The number of hydrogen-bond acceptors (Lipinski definition) is 3. The smallest absolute Gasteiger partial charge is 0.0940 e. The predicted molar refractivity (Wildman–Crippen MR) is 73.5 cm³/mol. The van der Waals surface area contributed by atoms with Gasteiger partial charge in [0.15, 0.2) is 0 Å². The van der Waals surface area contributed by atoms with Gasteiger partial charge in [-0.3, -0.25) is 0 Å². The molecule has 18 heavy (non-hydrogen) atoms. The van der Waals surface area contributed by atoms with Crippen LogP contribution in [0.2, 0.25) is 0 Å². The van der Waals surface area contributed by atoms with Crippen LogP contribution < -0.4 is 5.32 Å². The largest absolute Gasteiger partial charge is 0.395 e. The van der Waals surface area contributed by atoms with Crippen LogP contribution in [-0.4, -0.2) is 29.4 Å². The normalized spacial score (nSPS) is 14.6. The number of nitrogens with one attached hydrogen (secondary N) is 1. The maximum absolute atomic E-state index is 10.2. The van der Waals surface area contributed by atoms with E-state index < -0.39 is 6.10 Å². The zero-order chi connectivity index (χ0) is 13.0. The summed E-state index contributed by atoms with van der Waals surface area (Å²) in [5.41, 5.74) is 0.895. The molecular weight excluding hydrogens is 226 g/mol. The minimum absolute atomic E-state index is 0.0782. The molecule has 3 nitrogen and oxygen atoms in total. The van der Waals surface area contributed by atoms with E-state index >= 15 is 0 Å². The highest BCUT2D eigenvalue weighted by atomic mass is 16.3. The van der Waals surface area contributed by atoms with Crippen molar-refractivity contribution in [2.75, 3.05) is 13.2 Å². The van der Waals surface area contributed by atoms with Crippen LogP contribution in [-0.2, 0) is 0 Å². The maximum Gasteiger partial charge on any atom is 0.0940 e. The molecule has 0 saturated carbocycles. The number of rotatable bonds is 5. The third-order valence-electron chi connectivity index (χ3n) is 3.17. The first-order valence-electron chi connectivity index (χ1n) is 6.23. The van der Waals surface area contributed by atoms with Gasteiger partial charge in [0, 0.05) is 12.6 Å². The summed E-state index contributed by atoms with van der Waals surface area (Å²) < 4.78 is 0. The highest BCUT2D eigenvalue weighted by Gasteiger charge is 2.15. The Morgan fingerprint density at radius 1 is 1.11 bits per heavy atom. The second-order valence-electron chi connectivity index (χ2n) is 4.52. The van der Waals surface area contributed by atoms with Crippen molar-refractivity contribution in [1.82, 2.24) is 5.32 Å². The van der Waals surface area contributed by atoms with E-state index in [1.807, 2.05) is 43.3 Å². The van der Waals surface area contributed by atoms with Gasteiger partial charge in [-0.2, -0.15) is 0 Å². The maximum atomic E-state index is 10.2. The van der Waals surface area contributed by atoms with E-state index in [2.05, 4.69) is 11.4 Å². The lowest BCUT2D eigenvalue weighted by Gasteiger charge is -2.20. The van der Waals surface area contributed by atoms with Crippen molar-refractivity contribution in [3.63, 3.8) is 0 Å². The van der Waals surface area contributed by atoms with Gasteiger partial charge >= 0.3 is 0 Å². The molecule has 2 rings (SSSR count). The zero-order valence-corrected chi connectivity index (χ0v) is 10.5. The number of benzene rings is 2. The highest BCUT2D eigenvalue weighted by Crippen LogP contribution is 2.22. The molecule has 0 heterocycles. The Morgan fingerprint density at radius 3 is 2.56 bits per heavy atom. The summed E-state index contributed by atoms with van der Waals surface area (Å²) in [5, 5.41) is 24.4. The van der Waals surface area contributed by atoms with Crippen LogP contribution in [0.4, 0.5) is 0 Å². The average Bonchev–Trinajstić information content (AvgIpc) is 2.43. The number of fused-ring (bicyclic) bond motifs is 1. The molecule has 2 aromatic carbocycles. The van der Waals surface area contributed by atoms with E-state index in [1.54, 1.807) is 0 Å². The first-order valence-corrected chi connectivity index (χ1v) is 6.23. The fourth-order valence-electron chi connectivity index (χ4n) is 2.08. The van der Waals surface area contributed by atoms with Crippen molar-refractivity contribution in [3.8, 4) is 0 Å². The Kier molecular flexibility index (Phi) is 4.31. The quantitative estimate of drug-likeness (QED) is 0.753. The number of aliphatic hydroxyl groups is 2. The van der Waals surface area contributed by atoms with Crippen LogP contribution in [0.25, 0.3) is 10.8 Å². The molecule has 2 aromatic rings. The lowest BCUT2D eigenvalue weighted by Crippen LogP contribution is -2.34. The van der Waals surface area contributed by atoms with Crippen LogP contribution in [0.15, 0.2) is 42.5 Å². The van der Waals surface area contributed by atoms with Gasteiger partial charge in [-0.25, -0.2) is 0 Å². The molecule has 0 amide bonds. The monoisotopic (exact) mass is 245 g/mol. The van der Waals surface area contributed by atoms with Crippen LogP contribution in [0.5, 0.6) is 0 Å². The minimum atomic E-state index is -0.568. The van der Waals surface area contributed by atoms with Crippen molar-refractivity contribution in [3.05, 3.63) is 48.0 Å². The third-order valence-corrected chi connectivity index (χ3v) is 3.17. The molecule has 0 radical (unpaired) electrons. The molecule has 3 N–H and O–H groups in total. The van der Waals surface area contributed by atoms with Crippen LogP contribution in [0.3, 0.4) is 0 Å². The van der Waals surface area contributed by atoms with Gasteiger partial charge in [0.1, 0.15) is 0 Å². The van der Waals surface area contributed by atoms with Crippen molar-refractivity contribution >= 4 is 10.8 Å². The second kappa shape index (κ2) is 5.96. The first-order chi connectivity index (χ1) is 8.72. The molecule has 3 heteroatoms. The summed E-state index contributed by atoms with van der Waals surface area (Å²) in [5.74, 6) is 0. The molecule has 0 aliphatic carbocycles. The molecule has 0 aromatic heterocycles. The molecule has 0 spiro atoms. The van der Waals surface area contributed by atoms with Crippen LogP contribution in [0.1, 0.15) is 18.6 Å². The van der Waals surface area contributed by atoms with Gasteiger partial charge in [0.25, 0.3) is 0 Å². The molecule has 2 unspecified atom stereocenters. The predicted octanol–water partition coefficient (Wildman–Crippen LogP) is 1.84. The molecule has 0 aliphatic heterocycles. The molecular formula is C15H19NO2. The van der Waals surface area contributed by atoms with Gasteiger partial charge in [-0.1, -0.05) is 36.4 Å². The topological polar surface area (TPSA) is 52.5 Å². The first kappa shape index (κ1) is 13.0. The average molecular weight is 245 g/mol. The summed E-state index contributed by atoms with van der Waals surface area (Å²) in [6, 6.07) is 14.0. The minimum Gasteiger partial charge on any atom is -0.395 e. The Balaban J connectivity index is 2.19. The van der Waals surface area contributed by atoms with Crippen molar-refractivity contribution in [2.24, 2.45) is 0 Å². The highest BCUT2D eigenvalue weighted by molar-refractivity contribution is 5.83.